The molecule has 1 N–H and O–H groups in total. The molecule has 0 unspecified atom stereocenters. The molecule has 21 heavy (non-hydrogen) atoms. The highest BCUT2D eigenvalue weighted by Crippen LogP contribution is 2.53. The minimum atomic E-state index is 0.560. The molecule has 0 radical (unpaired) electrons. The van der Waals surface area contributed by atoms with Crippen molar-refractivity contribution in [1.29, 1.82) is 0 Å². The first kappa shape index (κ1) is 13.2. The van der Waals surface area contributed by atoms with Crippen LogP contribution < -0.4 is 9.47 Å². The van der Waals surface area contributed by atoms with Crippen molar-refractivity contribution >= 4 is 23.3 Å². The van der Waals surface area contributed by atoms with Crippen molar-refractivity contribution in [3.63, 3.8) is 0 Å². The van der Waals surface area contributed by atoms with Crippen molar-refractivity contribution < 1.29 is 9.47 Å². The zero-order valence-electron chi connectivity index (χ0n) is 12.4. The summed E-state index contributed by atoms with van der Waals surface area (Å²) >= 11 is 5.61. The lowest BCUT2D eigenvalue weighted by Crippen LogP contribution is -2.13. The first-order valence-electron chi connectivity index (χ1n) is 7.59. The van der Waals surface area contributed by atoms with Gasteiger partial charge in [-0.2, -0.15) is 0 Å². The molecule has 0 atom stereocenters. The SMILES string of the molecule is COc1cc2[nH]c(=S)n(C(C3CC3)C3CC3)c2cc1OC. The van der Waals surface area contributed by atoms with Crippen LogP contribution in [0.4, 0.5) is 0 Å². The van der Waals surface area contributed by atoms with Crippen LogP contribution in [-0.4, -0.2) is 23.8 Å². The van der Waals surface area contributed by atoms with Gasteiger partial charge in [0.15, 0.2) is 16.3 Å². The van der Waals surface area contributed by atoms with Crippen LogP contribution in [0.2, 0.25) is 0 Å². The minimum absolute atomic E-state index is 0.560. The molecular formula is C16H20N2O2S. The van der Waals surface area contributed by atoms with Crippen LogP contribution in [0.15, 0.2) is 12.1 Å². The summed E-state index contributed by atoms with van der Waals surface area (Å²) in [6.45, 7) is 0. The number of hydrogen-bond donors (Lipinski definition) is 1. The van der Waals surface area contributed by atoms with Crippen LogP contribution in [0.1, 0.15) is 31.7 Å². The summed E-state index contributed by atoms with van der Waals surface area (Å²) < 4.78 is 14.0. The van der Waals surface area contributed by atoms with Crippen LogP contribution in [0.3, 0.4) is 0 Å². The van der Waals surface area contributed by atoms with E-state index >= 15 is 0 Å². The van der Waals surface area contributed by atoms with E-state index in [0.717, 1.165) is 39.1 Å². The zero-order chi connectivity index (χ0) is 14.6. The molecule has 5 heteroatoms. The standard InChI is InChI=1S/C16H20N2O2S/c1-19-13-7-11-12(8-14(13)20-2)18(16(21)17-11)15(9-3-4-9)10-5-6-10/h7-10,15H,3-6H2,1-2H3,(H,17,21). The minimum Gasteiger partial charge on any atom is -0.493 e. The number of aromatic nitrogens is 2. The van der Waals surface area contributed by atoms with Crippen molar-refractivity contribution in [1.82, 2.24) is 9.55 Å². The molecule has 1 aromatic heterocycles. The van der Waals surface area contributed by atoms with E-state index in [1.165, 1.54) is 25.7 Å². The van der Waals surface area contributed by atoms with Crippen molar-refractivity contribution in [3.05, 3.63) is 16.9 Å². The van der Waals surface area contributed by atoms with Crippen molar-refractivity contribution in [2.45, 2.75) is 31.7 Å². The predicted molar refractivity (Wildman–Crippen MR) is 84.7 cm³/mol. The fourth-order valence-corrected chi connectivity index (χ4v) is 3.76. The summed E-state index contributed by atoms with van der Waals surface area (Å²) in [4.78, 5) is 3.34. The van der Waals surface area contributed by atoms with Gasteiger partial charge in [0, 0.05) is 18.2 Å². The van der Waals surface area contributed by atoms with Crippen molar-refractivity contribution in [2.24, 2.45) is 11.8 Å². The predicted octanol–water partition coefficient (Wildman–Crippen LogP) is 4.08. The number of imidazole rings is 1. The van der Waals surface area contributed by atoms with E-state index in [2.05, 4.69) is 15.6 Å². The van der Waals surface area contributed by atoms with Crippen LogP contribution >= 0.6 is 12.2 Å². The number of hydrogen-bond acceptors (Lipinski definition) is 3. The van der Waals surface area contributed by atoms with E-state index in [0.29, 0.717) is 6.04 Å². The Morgan fingerprint density at radius 2 is 1.67 bits per heavy atom. The second kappa shape index (κ2) is 4.77. The van der Waals surface area contributed by atoms with Gasteiger partial charge in [0.05, 0.1) is 25.3 Å². The third-order valence-electron chi connectivity index (χ3n) is 4.73. The summed E-state index contributed by atoms with van der Waals surface area (Å²) in [5.41, 5.74) is 2.17. The maximum Gasteiger partial charge on any atom is 0.178 e. The molecule has 2 fully saturated rings. The van der Waals surface area contributed by atoms with Gasteiger partial charge in [-0.3, -0.25) is 0 Å². The fourth-order valence-electron chi connectivity index (χ4n) is 3.43. The average molecular weight is 304 g/mol. The lowest BCUT2D eigenvalue weighted by atomic mass is 10.1. The third-order valence-corrected chi connectivity index (χ3v) is 5.03. The molecule has 2 saturated carbocycles. The second-order valence-corrected chi connectivity index (χ2v) is 6.58. The quantitative estimate of drug-likeness (QED) is 0.846. The fraction of sp³-hybridized carbons (Fsp3) is 0.562. The maximum absolute atomic E-state index is 5.61. The zero-order valence-corrected chi connectivity index (χ0v) is 13.2. The van der Waals surface area contributed by atoms with Gasteiger partial charge in [-0.15, -0.1) is 0 Å². The van der Waals surface area contributed by atoms with Crippen molar-refractivity contribution in [2.75, 3.05) is 14.2 Å². The number of methoxy groups -OCH3 is 2. The Kier molecular flexibility index (Phi) is 2.99. The highest BCUT2D eigenvalue weighted by atomic mass is 32.1. The summed E-state index contributed by atoms with van der Waals surface area (Å²) in [7, 11) is 3.33. The van der Waals surface area contributed by atoms with Gasteiger partial charge < -0.3 is 19.0 Å². The largest absolute Gasteiger partial charge is 0.493 e. The number of aromatic amines is 1. The number of benzene rings is 1. The maximum atomic E-state index is 5.61. The molecule has 1 aromatic carbocycles. The highest BCUT2D eigenvalue weighted by molar-refractivity contribution is 7.71. The molecule has 112 valence electrons. The Morgan fingerprint density at radius 3 is 2.19 bits per heavy atom. The molecule has 1 heterocycles. The molecule has 0 bridgehead atoms. The second-order valence-electron chi connectivity index (χ2n) is 6.19. The molecule has 0 saturated heterocycles. The monoisotopic (exact) mass is 304 g/mol. The molecule has 4 rings (SSSR count). The van der Waals surface area contributed by atoms with E-state index in [1.54, 1.807) is 14.2 Å². The lowest BCUT2D eigenvalue weighted by molar-refractivity contribution is 0.355. The van der Waals surface area contributed by atoms with Gasteiger partial charge in [0.1, 0.15) is 0 Å². The summed E-state index contributed by atoms with van der Waals surface area (Å²) in [5, 5.41) is 0. The van der Waals surface area contributed by atoms with E-state index < -0.39 is 0 Å². The molecule has 4 nitrogen and oxygen atoms in total. The summed E-state index contributed by atoms with van der Waals surface area (Å²) in [5.74, 6) is 3.11. The van der Waals surface area contributed by atoms with Crippen LogP contribution in [0, 0.1) is 16.6 Å². The van der Waals surface area contributed by atoms with Gasteiger partial charge in [0.2, 0.25) is 0 Å². The Hall–Kier alpha value is -1.49. The Bertz CT molecular complexity index is 729. The van der Waals surface area contributed by atoms with Gasteiger partial charge in [-0.1, -0.05) is 0 Å². The molecular weight excluding hydrogens is 284 g/mol. The summed E-state index contributed by atoms with van der Waals surface area (Å²) in [6.07, 6.45) is 5.34. The Morgan fingerprint density at radius 1 is 1.10 bits per heavy atom. The first-order chi connectivity index (χ1) is 10.2. The average Bonchev–Trinajstić information content (AvgIpc) is 3.37. The third kappa shape index (κ3) is 2.14. The highest BCUT2D eigenvalue weighted by Gasteiger charge is 2.43. The molecule has 0 aliphatic heterocycles. The van der Waals surface area contributed by atoms with Crippen LogP contribution in [0.5, 0.6) is 11.5 Å². The van der Waals surface area contributed by atoms with Gasteiger partial charge in [-0.05, 0) is 49.7 Å². The van der Waals surface area contributed by atoms with Gasteiger partial charge in [0.25, 0.3) is 0 Å². The molecule has 0 amide bonds. The first-order valence-corrected chi connectivity index (χ1v) is 8.00. The number of nitrogens with zero attached hydrogens (tertiary/aromatic N) is 1. The Labute approximate surface area is 129 Å². The summed E-state index contributed by atoms with van der Waals surface area (Å²) in [6, 6.07) is 4.60. The van der Waals surface area contributed by atoms with Crippen LogP contribution in [-0.2, 0) is 0 Å². The molecule has 2 aliphatic rings. The van der Waals surface area contributed by atoms with Crippen molar-refractivity contribution in [3.8, 4) is 11.5 Å². The number of fused-ring (bicyclic) bond motifs is 1. The van der Waals surface area contributed by atoms with Gasteiger partial charge >= 0.3 is 0 Å². The van der Waals surface area contributed by atoms with E-state index in [1.807, 2.05) is 6.07 Å². The van der Waals surface area contributed by atoms with E-state index in [9.17, 15) is 0 Å². The topological polar surface area (TPSA) is 39.2 Å². The van der Waals surface area contributed by atoms with E-state index in [-0.39, 0.29) is 0 Å². The van der Waals surface area contributed by atoms with E-state index in [4.69, 9.17) is 21.7 Å². The molecule has 0 spiro atoms. The number of ether oxygens (including phenoxy) is 2. The van der Waals surface area contributed by atoms with Crippen LogP contribution in [0.25, 0.3) is 11.0 Å². The van der Waals surface area contributed by atoms with Gasteiger partial charge in [-0.25, -0.2) is 0 Å². The molecule has 2 aliphatic carbocycles. The lowest BCUT2D eigenvalue weighted by Gasteiger charge is -2.19. The smallest absolute Gasteiger partial charge is 0.178 e. The Balaban J connectivity index is 1.91. The number of rotatable bonds is 5. The molecule has 2 aromatic rings. The number of nitrogens with one attached hydrogen (secondary N) is 1. The number of H-pyrrole nitrogens is 1. The normalized spacial score (nSPS) is 18.4.